The predicted octanol–water partition coefficient (Wildman–Crippen LogP) is 24.1. The number of phosphoric ester groups is 1. The Balaban J connectivity index is 3.85. The fraction of sp³-hybridized carbons (Fsp3) is 0.959. The quantitative estimate of drug-likeness (QED) is 0.0243. The maximum absolute atomic E-state index is 13.1. The second-order valence-electron chi connectivity index (χ2n) is 27.4. The van der Waals surface area contributed by atoms with Gasteiger partial charge in [0.25, 0.3) is 0 Å². The van der Waals surface area contributed by atoms with Crippen molar-refractivity contribution < 1.29 is 32.9 Å². The van der Waals surface area contributed by atoms with E-state index in [9.17, 15) is 19.4 Å². The number of likely N-dealkylation sites (N-methyl/N-ethyl adjacent to an activating group) is 1. The van der Waals surface area contributed by atoms with Gasteiger partial charge >= 0.3 is 7.82 Å². The zero-order valence-electron chi connectivity index (χ0n) is 57.0. The number of hydrogen-bond acceptors (Lipinski definition) is 5. The topological polar surface area (TPSA) is 105 Å². The van der Waals surface area contributed by atoms with E-state index in [0.29, 0.717) is 17.4 Å². The number of nitrogens with zero attached hydrogens (tertiary/aromatic N) is 1. The highest BCUT2D eigenvalue weighted by atomic mass is 31.2. The molecule has 3 unspecified atom stereocenters. The molecule has 3 atom stereocenters. The van der Waals surface area contributed by atoms with E-state index < -0.39 is 20.0 Å². The highest BCUT2D eigenvalue weighted by Crippen LogP contribution is 2.43. The maximum atomic E-state index is 13.1. The summed E-state index contributed by atoms with van der Waals surface area (Å²) in [6.07, 6.45) is 85.4. The van der Waals surface area contributed by atoms with Crippen LogP contribution in [0.15, 0.2) is 12.2 Å². The van der Waals surface area contributed by atoms with Crippen LogP contribution in [0.5, 0.6) is 0 Å². The molecule has 1 amide bonds. The molecule has 0 saturated heterocycles. The summed E-state index contributed by atoms with van der Waals surface area (Å²) in [6, 6.07) is -0.843. The van der Waals surface area contributed by atoms with Crippen LogP contribution in [0.3, 0.4) is 0 Å². The molecule has 0 saturated carbocycles. The van der Waals surface area contributed by atoms with Gasteiger partial charge in [0.05, 0.1) is 39.9 Å². The summed E-state index contributed by atoms with van der Waals surface area (Å²) in [7, 11) is 1.60. The summed E-state index contributed by atoms with van der Waals surface area (Å²) >= 11 is 0. The minimum atomic E-state index is -4.35. The molecule has 0 heterocycles. The highest BCUT2D eigenvalue weighted by molar-refractivity contribution is 7.47. The normalized spacial score (nSPS) is 13.6. The van der Waals surface area contributed by atoms with E-state index in [0.717, 1.165) is 32.1 Å². The molecule has 0 rings (SSSR count). The Kier molecular flexibility index (Phi) is 65.1. The Morgan fingerprint density at radius 3 is 0.892 bits per heavy atom. The largest absolute Gasteiger partial charge is 0.472 e. The number of amides is 1. The number of phosphoric acid groups is 1. The summed E-state index contributed by atoms with van der Waals surface area (Å²) in [5, 5.41) is 14.0. The fourth-order valence-corrected chi connectivity index (χ4v) is 12.7. The van der Waals surface area contributed by atoms with Crippen molar-refractivity contribution in [2.75, 3.05) is 40.9 Å². The first-order valence-electron chi connectivity index (χ1n) is 37.6. The SMILES string of the molecule is CCCCCCCCCCCCCCCCCCCC/C=C/C(O)C(COP(=O)(O)OCC[N+](C)(C)C)NC(=O)CCCCCCCCCCCCCCCCCCCCCCCCCCCCCCCCCCCCCCCCCCC. The van der Waals surface area contributed by atoms with Crippen molar-refractivity contribution in [2.45, 2.75) is 418 Å². The van der Waals surface area contributed by atoms with Gasteiger partial charge in [-0.25, -0.2) is 4.57 Å². The van der Waals surface area contributed by atoms with Gasteiger partial charge in [-0.05, 0) is 19.3 Å². The monoisotopic (exact) mass is 1190 g/mol. The van der Waals surface area contributed by atoms with Gasteiger partial charge in [0.1, 0.15) is 13.2 Å². The number of aliphatic hydroxyl groups is 1. The molecule has 0 aliphatic carbocycles. The Hall–Kier alpha value is -0.760. The lowest BCUT2D eigenvalue weighted by molar-refractivity contribution is -0.870. The average Bonchev–Trinajstić information content (AvgIpc) is 3.50. The molecule has 0 aromatic heterocycles. The van der Waals surface area contributed by atoms with Crippen LogP contribution in [0.4, 0.5) is 0 Å². The smallest absolute Gasteiger partial charge is 0.387 e. The van der Waals surface area contributed by atoms with Crippen molar-refractivity contribution in [1.82, 2.24) is 5.32 Å². The summed E-state index contributed by atoms with van der Waals surface area (Å²) in [5.74, 6) is -0.167. The van der Waals surface area contributed by atoms with Crippen LogP contribution in [0.2, 0.25) is 0 Å². The van der Waals surface area contributed by atoms with Crippen molar-refractivity contribution in [2.24, 2.45) is 0 Å². The van der Waals surface area contributed by atoms with Crippen LogP contribution in [0.25, 0.3) is 0 Å². The van der Waals surface area contributed by atoms with Gasteiger partial charge in [-0.3, -0.25) is 13.8 Å². The number of nitrogens with one attached hydrogen (secondary N) is 1. The molecule has 0 aromatic rings. The summed E-state index contributed by atoms with van der Waals surface area (Å²) in [6.45, 7) is 4.89. The zero-order chi connectivity index (χ0) is 60.5. The van der Waals surface area contributed by atoms with E-state index in [4.69, 9.17) is 9.05 Å². The van der Waals surface area contributed by atoms with E-state index in [1.165, 1.54) is 353 Å². The van der Waals surface area contributed by atoms with Crippen LogP contribution in [0, 0.1) is 0 Å². The van der Waals surface area contributed by atoms with E-state index in [-0.39, 0.29) is 19.1 Å². The number of unbranched alkanes of at least 4 members (excludes halogenated alkanes) is 58. The van der Waals surface area contributed by atoms with Crippen LogP contribution in [0.1, 0.15) is 406 Å². The summed E-state index contributed by atoms with van der Waals surface area (Å²) in [4.78, 5) is 23.4. The Morgan fingerprint density at radius 2 is 0.639 bits per heavy atom. The molecule has 0 bridgehead atoms. The number of aliphatic hydroxyl groups excluding tert-OH is 1. The molecule has 0 radical (unpaired) electrons. The number of rotatable bonds is 71. The molecule has 3 N–H and O–H groups in total. The second-order valence-corrected chi connectivity index (χ2v) is 28.8. The molecule has 0 aliphatic rings. The molecule has 0 aromatic carbocycles. The number of carbonyl (C=O) groups excluding carboxylic acids is 1. The lowest BCUT2D eigenvalue weighted by atomic mass is 10.0. The van der Waals surface area contributed by atoms with E-state index >= 15 is 0 Å². The van der Waals surface area contributed by atoms with Crippen molar-refractivity contribution >= 4 is 13.7 Å². The number of allylic oxidation sites excluding steroid dienone is 1. The van der Waals surface area contributed by atoms with Crippen LogP contribution >= 0.6 is 7.82 Å². The Labute approximate surface area is 520 Å². The Morgan fingerprint density at radius 1 is 0.398 bits per heavy atom. The van der Waals surface area contributed by atoms with Crippen LogP contribution < -0.4 is 5.32 Å². The highest BCUT2D eigenvalue weighted by Gasteiger charge is 2.28. The van der Waals surface area contributed by atoms with Gasteiger partial charge in [0.15, 0.2) is 0 Å². The van der Waals surface area contributed by atoms with E-state index in [1.807, 2.05) is 27.2 Å². The van der Waals surface area contributed by atoms with Gasteiger partial charge in [-0.1, -0.05) is 392 Å². The van der Waals surface area contributed by atoms with Crippen molar-refractivity contribution in [3.8, 4) is 0 Å². The standard InChI is InChI=1S/C74H149N2O6P/c1-6-8-10-12-14-16-18-20-22-24-26-28-29-30-31-32-33-34-35-36-37-38-39-40-41-42-43-44-45-46-47-48-50-52-54-56-58-60-62-64-66-68-74(78)75-72(71-82-83(79,80)81-70-69-76(3,4)5)73(77)67-65-63-61-59-57-55-53-51-49-27-25-23-21-19-17-15-13-11-9-7-2/h65,67,72-73,77H,6-64,66,68-71H2,1-5H3,(H-,75,78,79,80)/p+1/b67-65+. The second kappa shape index (κ2) is 65.7. The maximum Gasteiger partial charge on any atom is 0.472 e. The van der Waals surface area contributed by atoms with Gasteiger partial charge in [-0.2, -0.15) is 0 Å². The minimum absolute atomic E-state index is 0.0654. The number of carbonyl (C=O) groups is 1. The van der Waals surface area contributed by atoms with Gasteiger partial charge in [-0.15, -0.1) is 0 Å². The number of hydrogen-bond donors (Lipinski definition) is 3. The third kappa shape index (κ3) is 68.6. The van der Waals surface area contributed by atoms with Crippen molar-refractivity contribution in [3.63, 3.8) is 0 Å². The van der Waals surface area contributed by atoms with Crippen molar-refractivity contribution in [3.05, 3.63) is 12.2 Å². The molecule has 496 valence electrons. The van der Waals surface area contributed by atoms with E-state index in [1.54, 1.807) is 6.08 Å². The summed E-state index contributed by atoms with van der Waals surface area (Å²) in [5.41, 5.74) is 0. The first kappa shape index (κ1) is 82.2. The molecule has 0 spiro atoms. The zero-order valence-corrected chi connectivity index (χ0v) is 57.9. The number of quaternary nitrogens is 1. The molecule has 0 aliphatic heterocycles. The molecule has 9 heteroatoms. The molecular formula is C74H150N2O6P+. The third-order valence-electron chi connectivity index (χ3n) is 17.8. The average molecular weight is 1190 g/mol. The first-order valence-corrected chi connectivity index (χ1v) is 39.1. The predicted molar refractivity (Wildman–Crippen MR) is 365 cm³/mol. The first-order chi connectivity index (χ1) is 40.5. The van der Waals surface area contributed by atoms with Gasteiger partial charge in [0, 0.05) is 6.42 Å². The van der Waals surface area contributed by atoms with E-state index in [2.05, 4.69) is 19.2 Å². The van der Waals surface area contributed by atoms with Crippen LogP contribution in [-0.2, 0) is 18.4 Å². The molecule has 83 heavy (non-hydrogen) atoms. The Bertz CT molecular complexity index is 1360. The lowest BCUT2D eigenvalue weighted by Gasteiger charge is -2.25. The molecule has 8 nitrogen and oxygen atoms in total. The fourth-order valence-electron chi connectivity index (χ4n) is 11.9. The molecule has 0 fully saturated rings. The lowest BCUT2D eigenvalue weighted by Crippen LogP contribution is -2.45. The van der Waals surface area contributed by atoms with Crippen molar-refractivity contribution in [1.29, 1.82) is 0 Å². The minimum Gasteiger partial charge on any atom is -0.387 e. The van der Waals surface area contributed by atoms with Gasteiger partial charge < -0.3 is 19.8 Å². The molecular weight excluding hydrogens is 1040 g/mol. The third-order valence-corrected chi connectivity index (χ3v) is 18.7. The van der Waals surface area contributed by atoms with Crippen LogP contribution in [-0.4, -0.2) is 73.4 Å². The van der Waals surface area contributed by atoms with Gasteiger partial charge in [0.2, 0.25) is 5.91 Å². The summed E-state index contributed by atoms with van der Waals surface area (Å²) < 4.78 is 23.8.